The molecule has 2 unspecified atom stereocenters. The summed E-state index contributed by atoms with van der Waals surface area (Å²) in [4.78, 5) is 17.2. The topological polar surface area (TPSA) is 78.3 Å². The number of aromatic nitrogens is 3. The van der Waals surface area contributed by atoms with Gasteiger partial charge in [0.25, 0.3) is 0 Å². The van der Waals surface area contributed by atoms with Gasteiger partial charge < -0.3 is 14.8 Å². The molecule has 8 heteroatoms. The zero-order valence-electron chi connectivity index (χ0n) is 16.3. The molecule has 2 atom stereocenters. The lowest BCUT2D eigenvalue weighted by Gasteiger charge is -2.34. The SMILES string of the molecule is C=C1Nc2ncnn2C(c2cc(Br)ccc2OCCCC)C1C(=O)OC(C)C. The molecule has 1 aliphatic rings. The van der Waals surface area contributed by atoms with E-state index in [1.807, 2.05) is 32.0 Å². The van der Waals surface area contributed by atoms with E-state index < -0.39 is 12.0 Å². The Morgan fingerprint density at radius 3 is 2.93 bits per heavy atom. The van der Waals surface area contributed by atoms with Crippen LogP contribution in [0.15, 0.2) is 41.3 Å². The first-order valence-corrected chi connectivity index (χ1v) is 10.2. The van der Waals surface area contributed by atoms with Gasteiger partial charge in [-0.2, -0.15) is 10.1 Å². The molecule has 2 heterocycles. The maximum absolute atomic E-state index is 13.0. The smallest absolute Gasteiger partial charge is 0.317 e. The highest BCUT2D eigenvalue weighted by Gasteiger charge is 2.42. The number of anilines is 1. The molecule has 1 N–H and O–H groups in total. The van der Waals surface area contributed by atoms with E-state index in [2.05, 4.69) is 44.8 Å². The maximum atomic E-state index is 13.0. The van der Waals surface area contributed by atoms with Crippen molar-refractivity contribution in [2.45, 2.75) is 45.8 Å². The molecule has 0 spiro atoms. The number of rotatable bonds is 7. The van der Waals surface area contributed by atoms with Crippen LogP contribution >= 0.6 is 15.9 Å². The Hall–Kier alpha value is -2.35. The lowest BCUT2D eigenvalue weighted by atomic mass is 9.88. The van der Waals surface area contributed by atoms with Gasteiger partial charge in [0.1, 0.15) is 24.0 Å². The molecule has 0 fully saturated rings. The lowest BCUT2D eigenvalue weighted by Crippen LogP contribution is -2.38. The first kappa shape index (κ1) is 20.4. The second-order valence-electron chi connectivity index (χ2n) is 6.97. The third kappa shape index (κ3) is 4.22. The molecule has 1 aromatic heterocycles. The van der Waals surface area contributed by atoms with Crippen molar-refractivity contribution in [1.82, 2.24) is 14.8 Å². The Morgan fingerprint density at radius 1 is 1.43 bits per heavy atom. The molecule has 3 rings (SSSR count). The normalized spacial score (nSPS) is 18.5. The summed E-state index contributed by atoms with van der Waals surface area (Å²) in [6, 6.07) is 5.30. The molecule has 1 aromatic carbocycles. The number of ether oxygens (including phenoxy) is 2. The standard InChI is InChI=1S/C20H25BrN4O3/c1-5-6-9-27-16-8-7-14(21)10-15(16)18-17(19(26)28-12(2)3)13(4)24-20-22-11-23-25(18)20/h7-8,10-12,17-18H,4-6,9H2,1-3H3,(H,22,23,24). The number of unbranched alkanes of at least 4 members (excludes halogenated alkanes) is 1. The van der Waals surface area contributed by atoms with Crippen LogP contribution in [0.25, 0.3) is 0 Å². The molecule has 150 valence electrons. The van der Waals surface area contributed by atoms with E-state index in [1.165, 1.54) is 6.33 Å². The van der Waals surface area contributed by atoms with Crippen molar-refractivity contribution >= 4 is 27.8 Å². The van der Waals surface area contributed by atoms with Crippen molar-refractivity contribution in [2.75, 3.05) is 11.9 Å². The molecular weight excluding hydrogens is 424 g/mol. The van der Waals surface area contributed by atoms with Gasteiger partial charge in [0, 0.05) is 15.7 Å². The van der Waals surface area contributed by atoms with Crippen LogP contribution in [0.1, 0.15) is 45.2 Å². The largest absolute Gasteiger partial charge is 0.493 e. The van der Waals surface area contributed by atoms with E-state index >= 15 is 0 Å². The van der Waals surface area contributed by atoms with Crippen LogP contribution in [0.2, 0.25) is 0 Å². The molecule has 0 amide bonds. The monoisotopic (exact) mass is 448 g/mol. The highest BCUT2D eigenvalue weighted by molar-refractivity contribution is 9.10. The highest BCUT2D eigenvalue weighted by Crippen LogP contribution is 2.42. The molecule has 28 heavy (non-hydrogen) atoms. The predicted octanol–water partition coefficient (Wildman–Crippen LogP) is 4.32. The summed E-state index contributed by atoms with van der Waals surface area (Å²) in [5.74, 6) is 0.209. The Morgan fingerprint density at radius 2 is 2.21 bits per heavy atom. The van der Waals surface area contributed by atoms with Gasteiger partial charge in [0.2, 0.25) is 5.95 Å². The van der Waals surface area contributed by atoms with Crippen LogP contribution in [-0.2, 0) is 9.53 Å². The number of hydrogen-bond donors (Lipinski definition) is 1. The molecule has 0 saturated heterocycles. The van der Waals surface area contributed by atoms with Gasteiger partial charge in [-0.3, -0.25) is 4.79 Å². The van der Waals surface area contributed by atoms with Crippen molar-refractivity contribution in [3.8, 4) is 5.75 Å². The molecule has 0 bridgehead atoms. The quantitative estimate of drug-likeness (QED) is 0.501. The lowest BCUT2D eigenvalue weighted by molar-refractivity contribution is -0.152. The van der Waals surface area contributed by atoms with E-state index in [1.54, 1.807) is 4.68 Å². The minimum atomic E-state index is -0.667. The summed E-state index contributed by atoms with van der Waals surface area (Å²) < 4.78 is 14.1. The summed E-state index contributed by atoms with van der Waals surface area (Å²) in [6.45, 7) is 10.4. The summed E-state index contributed by atoms with van der Waals surface area (Å²) in [6.07, 6.45) is 3.20. The number of nitrogens with zero attached hydrogens (tertiary/aromatic N) is 3. The van der Waals surface area contributed by atoms with Gasteiger partial charge >= 0.3 is 5.97 Å². The van der Waals surface area contributed by atoms with Crippen LogP contribution in [-0.4, -0.2) is 33.4 Å². The minimum Gasteiger partial charge on any atom is -0.493 e. The summed E-state index contributed by atoms with van der Waals surface area (Å²) >= 11 is 3.53. The number of halogens is 1. The highest BCUT2D eigenvalue weighted by atomic mass is 79.9. The average molecular weight is 449 g/mol. The number of hydrogen-bond acceptors (Lipinski definition) is 6. The van der Waals surface area contributed by atoms with Gasteiger partial charge in [0.05, 0.1) is 12.7 Å². The predicted molar refractivity (Wildman–Crippen MR) is 110 cm³/mol. The summed E-state index contributed by atoms with van der Waals surface area (Å²) in [7, 11) is 0. The second-order valence-corrected chi connectivity index (χ2v) is 7.89. The van der Waals surface area contributed by atoms with E-state index in [-0.39, 0.29) is 12.1 Å². The number of benzene rings is 1. The maximum Gasteiger partial charge on any atom is 0.317 e. The summed E-state index contributed by atoms with van der Waals surface area (Å²) in [5, 5.41) is 7.42. The fourth-order valence-electron chi connectivity index (χ4n) is 3.19. The van der Waals surface area contributed by atoms with E-state index in [9.17, 15) is 4.79 Å². The Kier molecular flexibility index (Phi) is 6.39. The van der Waals surface area contributed by atoms with Crippen LogP contribution in [0.5, 0.6) is 5.75 Å². The Labute approximate surface area is 173 Å². The minimum absolute atomic E-state index is 0.235. The van der Waals surface area contributed by atoms with Crippen molar-refractivity contribution in [3.05, 3.63) is 46.8 Å². The van der Waals surface area contributed by atoms with Crippen LogP contribution in [0.4, 0.5) is 5.95 Å². The number of carbonyl (C=O) groups excluding carboxylic acids is 1. The molecule has 0 saturated carbocycles. The van der Waals surface area contributed by atoms with Gasteiger partial charge in [-0.25, -0.2) is 4.68 Å². The van der Waals surface area contributed by atoms with Crippen molar-refractivity contribution < 1.29 is 14.3 Å². The van der Waals surface area contributed by atoms with Crippen LogP contribution in [0.3, 0.4) is 0 Å². The number of nitrogens with one attached hydrogen (secondary N) is 1. The van der Waals surface area contributed by atoms with Gasteiger partial charge in [-0.05, 0) is 38.5 Å². The van der Waals surface area contributed by atoms with Crippen molar-refractivity contribution in [3.63, 3.8) is 0 Å². The molecule has 0 aliphatic carbocycles. The van der Waals surface area contributed by atoms with Crippen LogP contribution < -0.4 is 10.1 Å². The zero-order chi connectivity index (χ0) is 20.3. The zero-order valence-corrected chi connectivity index (χ0v) is 17.9. The molecule has 1 aliphatic heterocycles. The van der Waals surface area contributed by atoms with E-state index in [0.717, 1.165) is 22.9 Å². The first-order chi connectivity index (χ1) is 13.4. The number of esters is 1. The number of fused-ring (bicyclic) bond motifs is 1. The first-order valence-electron chi connectivity index (χ1n) is 9.40. The van der Waals surface area contributed by atoms with E-state index in [4.69, 9.17) is 9.47 Å². The molecule has 7 nitrogen and oxygen atoms in total. The fraction of sp³-hybridized carbons (Fsp3) is 0.450. The summed E-state index contributed by atoms with van der Waals surface area (Å²) in [5.41, 5.74) is 1.35. The second kappa shape index (κ2) is 8.77. The van der Waals surface area contributed by atoms with Gasteiger partial charge in [0.15, 0.2) is 0 Å². The molecule has 2 aromatic rings. The molecule has 0 radical (unpaired) electrons. The Bertz CT molecular complexity index is 865. The van der Waals surface area contributed by atoms with Crippen LogP contribution in [0, 0.1) is 5.92 Å². The Balaban J connectivity index is 2.08. The third-order valence-electron chi connectivity index (χ3n) is 4.45. The third-order valence-corrected chi connectivity index (χ3v) is 4.95. The fourth-order valence-corrected chi connectivity index (χ4v) is 3.57. The number of carbonyl (C=O) groups is 1. The van der Waals surface area contributed by atoms with Crippen molar-refractivity contribution in [2.24, 2.45) is 5.92 Å². The van der Waals surface area contributed by atoms with Crippen molar-refractivity contribution in [1.29, 1.82) is 0 Å². The van der Waals surface area contributed by atoms with Gasteiger partial charge in [-0.1, -0.05) is 35.9 Å². The average Bonchev–Trinajstić information content (AvgIpc) is 3.09. The molecular formula is C20H25BrN4O3. The van der Waals surface area contributed by atoms with E-state index in [0.29, 0.717) is 24.0 Å². The van der Waals surface area contributed by atoms with Gasteiger partial charge in [-0.15, -0.1) is 0 Å².